The highest BCUT2D eigenvalue weighted by atomic mass is 16.4. The molecule has 0 aromatic rings. The summed E-state index contributed by atoms with van der Waals surface area (Å²) in [6, 6.07) is 0. The Labute approximate surface area is 106 Å². The van der Waals surface area contributed by atoms with E-state index in [9.17, 15) is 19.5 Å². The molecule has 1 saturated heterocycles. The van der Waals surface area contributed by atoms with Crippen molar-refractivity contribution in [2.75, 3.05) is 6.54 Å². The summed E-state index contributed by atoms with van der Waals surface area (Å²) in [6.07, 6.45) is -1.32. The Morgan fingerprint density at radius 2 is 1.89 bits per heavy atom. The third-order valence-corrected chi connectivity index (χ3v) is 3.07. The third-order valence-electron chi connectivity index (χ3n) is 3.07. The van der Waals surface area contributed by atoms with Crippen LogP contribution in [0.3, 0.4) is 0 Å². The van der Waals surface area contributed by atoms with Crippen LogP contribution in [0.1, 0.15) is 40.0 Å². The molecule has 1 heterocycles. The van der Waals surface area contributed by atoms with Gasteiger partial charge in [0, 0.05) is 19.4 Å². The zero-order chi connectivity index (χ0) is 14.1. The molecule has 0 aliphatic carbocycles. The maximum atomic E-state index is 11.6. The summed E-state index contributed by atoms with van der Waals surface area (Å²) >= 11 is 0. The van der Waals surface area contributed by atoms with Crippen LogP contribution in [0.25, 0.3) is 0 Å². The summed E-state index contributed by atoms with van der Waals surface area (Å²) in [6.45, 7) is 5.45. The number of ketones is 1. The Morgan fingerprint density at radius 1 is 1.33 bits per heavy atom. The largest absolute Gasteiger partial charge is 0.479 e. The molecule has 6 nitrogen and oxygen atoms in total. The normalized spacial score (nSPS) is 25.1. The maximum Gasteiger partial charge on any atom is 0.408 e. The summed E-state index contributed by atoms with van der Waals surface area (Å²) < 4.78 is 0. The second-order valence-electron chi connectivity index (χ2n) is 5.97. The van der Waals surface area contributed by atoms with Gasteiger partial charge in [0.25, 0.3) is 0 Å². The van der Waals surface area contributed by atoms with Crippen molar-refractivity contribution in [2.45, 2.75) is 45.6 Å². The number of carbonyl (C=O) groups excluding carboxylic acids is 1. The molecule has 0 aromatic carbocycles. The Bertz CT molecular complexity index is 384. The zero-order valence-corrected chi connectivity index (χ0v) is 10.9. The van der Waals surface area contributed by atoms with E-state index < -0.39 is 17.6 Å². The van der Waals surface area contributed by atoms with Crippen molar-refractivity contribution >= 4 is 17.8 Å². The van der Waals surface area contributed by atoms with E-state index >= 15 is 0 Å². The molecule has 0 aromatic heterocycles. The van der Waals surface area contributed by atoms with E-state index in [1.54, 1.807) is 0 Å². The molecule has 1 aliphatic heterocycles. The highest BCUT2D eigenvalue weighted by Gasteiger charge is 2.52. The first kappa shape index (κ1) is 14.5. The molecule has 1 aliphatic rings. The average molecular weight is 257 g/mol. The molecule has 6 heteroatoms. The molecule has 0 saturated carbocycles. The van der Waals surface area contributed by atoms with Gasteiger partial charge in [-0.25, -0.2) is 9.59 Å². The number of piperidine rings is 1. The molecule has 1 fully saturated rings. The van der Waals surface area contributed by atoms with E-state index in [-0.39, 0.29) is 37.0 Å². The lowest BCUT2D eigenvalue weighted by Crippen LogP contribution is -2.62. The molecule has 1 atom stereocenters. The van der Waals surface area contributed by atoms with E-state index in [0.717, 1.165) is 4.90 Å². The van der Waals surface area contributed by atoms with E-state index in [1.165, 1.54) is 0 Å². The SMILES string of the molecule is CC(C)(C)C[C@@]1(C(=O)O)CC(=O)CCN1C(=O)O. The Morgan fingerprint density at radius 3 is 2.28 bits per heavy atom. The highest BCUT2D eigenvalue weighted by Crippen LogP contribution is 2.37. The minimum Gasteiger partial charge on any atom is -0.479 e. The molecule has 0 bridgehead atoms. The fourth-order valence-corrected chi connectivity index (χ4v) is 2.54. The van der Waals surface area contributed by atoms with Gasteiger partial charge >= 0.3 is 12.1 Å². The Balaban J connectivity index is 3.21. The van der Waals surface area contributed by atoms with Crippen LogP contribution in [-0.4, -0.2) is 45.0 Å². The Hall–Kier alpha value is -1.59. The van der Waals surface area contributed by atoms with Crippen LogP contribution in [0.4, 0.5) is 4.79 Å². The maximum absolute atomic E-state index is 11.6. The molecule has 0 radical (unpaired) electrons. The van der Waals surface area contributed by atoms with E-state index in [0.29, 0.717) is 0 Å². The van der Waals surface area contributed by atoms with Crippen LogP contribution < -0.4 is 0 Å². The van der Waals surface area contributed by atoms with Crippen molar-refractivity contribution in [3.05, 3.63) is 0 Å². The second-order valence-corrected chi connectivity index (χ2v) is 5.97. The molecule has 1 amide bonds. The topological polar surface area (TPSA) is 94.9 Å². The molecule has 2 N–H and O–H groups in total. The van der Waals surface area contributed by atoms with Crippen molar-refractivity contribution < 1.29 is 24.6 Å². The zero-order valence-electron chi connectivity index (χ0n) is 10.9. The summed E-state index contributed by atoms with van der Waals surface area (Å²) in [5.74, 6) is -1.44. The summed E-state index contributed by atoms with van der Waals surface area (Å²) in [5.41, 5.74) is -2.01. The van der Waals surface area contributed by atoms with Crippen LogP contribution >= 0.6 is 0 Å². The monoisotopic (exact) mass is 257 g/mol. The highest BCUT2D eigenvalue weighted by molar-refractivity contribution is 5.93. The van der Waals surface area contributed by atoms with Gasteiger partial charge in [-0.2, -0.15) is 0 Å². The van der Waals surface area contributed by atoms with Crippen LogP contribution in [0.2, 0.25) is 0 Å². The molecule has 0 unspecified atom stereocenters. The number of rotatable bonds is 2. The molecular weight excluding hydrogens is 238 g/mol. The number of carboxylic acid groups (broad SMARTS) is 2. The van der Waals surface area contributed by atoms with E-state index in [4.69, 9.17) is 5.11 Å². The Kier molecular flexibility index (Phi) is 3.69. The fourth-order valence-electron chi connectivity index (χ4n) is 2.54. The van der Waals surface area contributed by atoms with Gasteiger partial charge in [0.1, 0.15) is 5.78 Å². The minimum atomic E-state index is -1.63. The van der Waals surface area contributed by atoms with Crippen LogP contribution in [0.5, 0.6) is 0 Å². The van der Waals surface area contributed by atoms with Gasteiger partial charge in [-0.1, -0.05) is 20.8 Å². The van der Waals surface area contributed by atoms with Crippen molar-refractivity contribution in [2.24, 2.45) is 5.41 Å². The van der Waals surface area contributed by atoms with Gasteiger partial charge in [0.2, 0.25) is 0 Å². The number of Topliss-reactive ketones (excluding diaryl/α,β-unsaturated/α-hetero) is 1. The molecule has 0 spiro atoms. The summed E-state index contributed by atoms with van der Waals surface area (Å²) in [4.78, 5) is 35.2. The van der Waals surface area contributed by atoms with Crippen LogP contribution in [0.15, 0.2) is 0 Å². The number of carboxylic acids is 1. The van der Waals surface area contributed by atoms with Crippen molar-refractivity contribution in [1.82, 2.24) is 4.90 Å². The standard InChI is InChI=1S/C12H19NO5/c1-11(2,3)7-12(9(15)16)6-8(14)4-5-13(12)10(17)18/h4-7H2,1-3H3,(H,15,16)(H,17,18)/t12-/m1/s1. The second kappa shape index (κ2) is 4.59. The van der Waals surface area contributed by atoms with Crippen molar-refractivity contribution in [3.63, 3.8) is 0 Å². The van der Waals surface area contributed by atoms with Gasteiger partial charge in [0.05, 0.1) is 0 Å². The van der Waals surface area contributed by atoms with Crippen LogP contribution in [-0.2, 0) is 9.59 Å². The minimum absolute atomic E-state index is 0.0451. The van der Waals surface area contributed by atoms with Gasteiger partial charge in [-0.3, -0.25) is 9.69 Å². The van der Waals surface area contributed by atoms with E-state index in [1.807, 2.05) is 20.8 Å². The number of amides is 1. The average Bonchev–Trinajstić information content (AvgIpc) is 2.13. The van der Waals surface area contributed by atoms with E-state index in [2.05, 4.69) is 0 Å². The third kappa shape index (κ3) is 2.80. The fraction of sp³-hybridized carbons (Fsp3) is 0.750. The number of hydrogen-bond acceptors (Lipinski definition) is 3. The first-order valence-electron chi connectivity index (χ1n) is 5.84. The molecule has 102 valence electrons. The molecule has 1 rings (SSSR count). The lowest BCUT2D eigenvalue weighted by Gasteiger charge is -2.44. The lowest BCUT2D eigenvalue weighted by molar-refractivity contribution is -0.158. The van der Waals surface area contributed by atoms with Crippen LogP contribution in [0, 0.1) is 5.41 Å². The number of hydrogen-bond donors (Lipinski definition) is 2. The van der Waals surface area contributed by atoms with Gasteiger partial charge in [0.15, 0.2) is 5.54 Å². The first-order valence-corrected chi connectivity index (χ1v) is 5.84. The predicted molar refractivity (Wildman–Crippen MR) is 63.4 cm³/mol. The number of nitrogens with zero attached hydrogens (tertiary/aromatic N) is 1. The first-order chi connectivity index (χ1) is 8.08. The van der Waals surface area contributed by atoms with Crippen molar-refractivity contribution in [3.8, 4) is 0 Å². The van der Waals surface area contributed by atoms with Gasteiger partial charge in [-0.05, 0) is 11.8 Å². The quantitative estimate of drug-likeness (QED) is 0.783. The molecular formula is C12H19NO5. The van der Waals surface area contributed by atoms with Crippen molar-refractivity contribution in [1.29, 1.82) is 0 Å². The number of aliphatic carboxylic acids is 1. The number of carbonyl (C=O) groups is 3. The smallest absolute Gasteiger partial charge is 0.408 e. The van der Waals surface area contributed by atoms with Gasteiger partial charge < -0.3 is 10.2 Å². The summed E-state index contributed by atoms with van der Waals surface area (Å²) in [7, 11) is 0. The van der Waals surface area contributed by atoms with Gasteiger partial charge in [-0.15, -0.1) is 0 Å². The number of likely N-dealkylation sites (tertiary alicyclic amines) is 1. The predicted octanol–water partition coefficient (Wildman–Crippen LogP) is 1.59. The summed E-state index contributed by atoms with van der Waals surface area (Å²) in [5, 5.41) is 18.6. The lowest BCUT2D eigenvalue weighted by atomic mass is 9.74. The molecule has 18 heavy (non-hydrogen) atoms.